The lowest BCUT2D eigenvalue weighted by Gasteiger charge is -2.43. The molecule has 152 valence electrons. The maximum absolute atomic E-state index is 12.8. The minimum Gasteiger partial charge on any atom is -0.341 e. The number of benzene rings is 1. The van der Waals surface area contributed by atoms with Gasteiger partial charge in [0, 0.05) is 19.5 Å². The van der Waals surface area contributed by atoms with Crippen molar-refractivity contribution in [1.29, 1.82) is 0 Å². The molecule has 0 unspecified atom stereocenters. The third kappa shape index (κ3) is 3.80. The maximum Gasteiger partial charge on any atom is 0.246 e. The fraction of sp³-hybridized carbons (Fsp3) is 0.636. The van der Waals surface area contributed by atoms with Crippen molar-refractivity contribution in [3.63, 3.8) is 0 Å². The molecule has 3 heterocycles. The molecule has 0 aromatic heterocycles. The van der Waals surface area contributed by atoms with Gasteiger partial charge >= 0.3 is 0 Å². The molecule has 0 atom stereocenters. The summed E-state index contributed by atoms with van der Waals surface area (Å²) < 4.78 is 0. The Kier molecular flexibility index (Phi) is 5.69. The zero-order valence-electron chi connectivity index (χ0n) is 16.8. The van der Waals surface area contributed by atoms with Crippen molar-refractivity contribution in [2.24, 2.45) is 0 Å². The van der Waals surface area contributed by atoms with Crippen LogP contribution in [0.25, 0.3) is 0 Å². The third-order valence-corrected chi connectivity index (χ3v) is 6.91. The van der Waals surface area contributed by atoms with E-state index < -0.39 is 0 Å². The van der Waals surface area contributed by atoms with Gasteiger partial charge in [-0.1, -0.05) is 30.3 Å². The molecule has 3 fully saturated rings. The normalized spacial score (nSPS) is 23.5. The summed E-state index contributed by atoms with van der Waals surface area (Å²) in [7, 11) is 1.57. The summed E-state index contributed by atoms with van der Waals surface area (Å²) in [5, 5.41) is 1.57. The van der Waals surface area contributed by atoms with Crippen molar-refractivity contribution in [2.45, 2.75) is 50.0 Å². The van der Waals surface area contributed by atoms with Crippen LogP contribution in [0.4, 0.5) is 0 Å². The van der Waals surface area contributed by atoms with Crippen LogP contribution in [0.5, 0.6) is 0 Å². The van der Waals surface area contributed by atoms with Gasteiger partial charge in [0.05, 0.1) is 19.2 Å². The molecule has 6 heteroatoms. The Labute approximate surface area is 167 Å². The van der Waals surface area contributed by atoms with Crippen LogP contribution in [0.2, 0.25) is 0 Å². The number of carbonyl (C=O) groups is 2. The Morgan fingerprint density at radius 3 is 2.39 bits per heavy atom. The SMILES string of the molecule is CON1C(=O)CCC12CCN(C(=O)CN1CCC(c3ccccc3)CC1)CC2. The number of carbonyl (C=O) groups excluding carboxylic acids is 2. The maximum atomic E-state index is 12.8. The minimum atomic E-state index is -0.198. The molecule has 28 heavy (non-hydrogen) atoms. The molecule has 0 bridgehead atoms. The molecule has 1 aromatic rings. The van der Waals surface area contributed by atoms with Crippen LogP contribution in [0.1, 0.15) is 50.0 Å². The molecular weight excluding hydrogens is 354 g/mol. The topological polar surface area (TPSA) is 53.1 Å². The quantitative estimate of drug-likeness (QED) is 0.799. The molecule has 0 aliphatic carbocycles. The van der Waals surface area contributed by atoms with E-state index in [1.165, 1.54) is 5.56 Å². The Hall–Kier alpha value is -1.92. The van der Waals surface area contributed by atoms with Crippen molar-refractivity contribution in [3.8, 4) is 0 Å². The molecule has 4 rings (SSSR count). The van der Waals surface area contributed by atoms with E-state index >= 15 is 0 Å². The fourth-order valence-electron chi connectivity index (χ4n) is 5.17. The summed E-state index contributed by atoms with van der Waals surface area (Å²) in [6.07, 6.45) is 5.26. The van der Waals surface area contributed by atoms with Crippen molar-refractivity contribution < 1.29 is 14.4 Å². The fourth-order valence-corrected chi connectivity index (χ4v) is 5.17. The average molecular weight is 386 g/mol. The number of amides is 2. The second-order valence-electron chi connectivity index (χ2n) is 8.44. The number of piperidine rings is 2. The van der Waals surface area contributed by atoms with Crippen LogP contribution in [-0.4, -0.2) is 72.0 Å². The van der Waals surface area contributed by atoms with Crippen LogP contribution < -0.4 is 0 Å². The highest BCUT2D eigenvalue weighted by Crippen LogP contribution is 2.39. The zero-order chi connectivity index (χ0) is 19.6. The van der Waals surface area contributed by atoms with E-state index in [1.54, 1.807) is 12.2 Å². The Balaban J connectivity index is 1.25. The number of hydrogen-bond acceptors (Lipinski definition) is 4. The Morgan fingerprint density at radius 1 is 1.07 bits per heavy atom. The first-order valence-electron chi connectivity index (χ1n) is 10.5. The molecule has 1 aromatic carbocycles. The monoisotopic (exact) mass is 385 g/mol. The van der Waals surface area contributed by atoms with Gasteiger partial charge in [0.15, 0.2) is 0 Å². The molecule has 0 radical (unpaired) electrons. The Bertz CT molecular complexity index is 692. The predicted octanol–water partition coefficient (Wildman–Crippen LogP) is 2.41. The number of likely N-dealkylation sites (tertiary alicyclic amines) is 2. The van der Waals surface area contributed by atoms with E-state index in [0.29, 0.717) is 32.0 Å². The molecular formula is C22H31N3O3. The van der Waals surface area contributed by atoms with E-state index in [1.807, 2.05) is 4.90 Å². The average Bonchev–Trinajstić information content (AvgIpc) is 3.04. The van der Waals surface area contributed by atoms with Crippen molar-refractivity contribution in [1.82, 2.24) is 14.9 Å². The molecule has 6 nitrogen and oxygen atoms in total. The van der Waals surface area contributed by atoms with Crippen LogP contribution in [-0.2, 0) is 14.4 Å². The molecule has 1 spiro atoms. The van der Waals surface area contributed by atoms with E-state index in [2.05, 4.69) is 35.2 Å². The number of hydroxylamine groups is 2. The van der Waals surface area contributed by atoms with Gasteiger partial charge in [0.25, 0.3) is 0 Å². The standard InChI is InChI=1S/C22H31N3O3/c1-28-25-20(26)7-10-22(25)11-15-24(16-12-22)21(27)17-23-13-8-19(9-14-23)18-5-3-2-4-6-18/h2-6,19H,7-17H2,1H3. The van der Waals surface area contributed by atoms with E-state index in [0.717, 1.165) is 45.2 Å². The molecule has 3 aliphatic rings. The summed E-state index contributed by atoms with van der Waals surface area (Å²) in [5.74, 6) is 0.909. The summed E-state index contributed by atoms with van der Waals surface area (Å²) in [5.41, 5.74) is 1.22. The van der Waals surface area contributed by atoms with Crippen LogP contribution in [0.3, 0.4) is 0 Å². The number of hydrogen-bond donors (Lipinski definition) is 0. The third-order valence-electron chi connectivity index (χ3n) is 6.91. The van der Waals surface area contributed by atoms with Crippen LogP contribution >= 0.6 is 0 Å². The van der Waals surface area contributed by atoms with Crippen molar-refractivity contribution >= 4 is 11.8 Å². The second-order valence-corrected chi connectivity index (χ2v) is 8.44. The number of rotatable bonds is 4. The van der Waals surface area contributed by atoms with E-state index in [-0.39, 0.29) is 17.4 Å². The molecule has 0 N–H and O–H groups in total. The van der Waals surface area contributed by atoms with Gasteiger partial charge in [-0.25, -0.2) is 5.06 Å². The lowest BCUT2D eigenvalue weighted by molar-refractivity contribution is -0.202. The van der Waals surface area contributed by atoms with Gasteiger partial charge in [-0.05, 0) is 56.7 Å². The first-order chi connectivity index (χ1) is 13.6. The number of nitrogens with zero attached hydrogens (tertiary/aromatic N) is 3. The molecule has 2 amide bonds. The van der Waals surface area contributed by atoms with Crippen LogP contribution in [0, 0.1) is 0 Å². The van der Waals surface area contributed by atoms with Gasteiger partial charge in [0.2, 0.25) is 11.8 Å². The lowest BCUT2D eigenvalue weighted by atomic mass is 9.86. The largest absolute Gasteiger partial charge is 0.341 e. The summed E-state index contributed by atoms with van der Waals surface area (Å²) >= 11 is 0. The van der Waals surface area contributed by atoms with Gasteiger partial charge in [0.1, 0.15) is 0 Å². The smallest absolute Gasteiger partial charge is 0.246 e. The highest BCUT2D eigenvalue weighted by atomic mass is 16.7. The predicted molar refractivity (Wildman–Crippen MR) is 106 cm³/mol. The van der Waals surface area contributed by atoms with Gasteiger partial charge < -0.3 is 4.90 Å². The first kappa shape index (κ1) is 19.4. The van der Waals surface area contributed by atoms with Gasteiger partial charge in [-0.15, -0.1) is 0 Å². The molecule has 3 saturated heterocycles. The Morgan fingerprint density at radius 2 is 1.75 bits per heavy atom. The minimum absolute atomic E-state index is 0.0727. The molecule has 3 aliphatic heterocycles. The van der Waals surface area contributed by atoms with E-state index in [4.69, 9.17) is 4.84 Å². The van der Waals surface area contributed by atoms with Crippen LogP contribution in [0.15, 0.2) is 30.3 Å². The van der Waals surface area contributed by atoms with Crippen molar-refractivity contribution in [3.05, 3.63) is 35.9 Å². The molecule has 0 saturated carbocycles. The van der Waals surface area contributed by atoms with Gasteiger partial charge in [-0.2, -0.15) is 0 Å². The first-order valence-corrected chi connectivity index (χ1v) is 10.5. The second kappa shape index (κ2) is 8.21. The highest BCUT2D eigenvalue weighted by Gasteiger charge is 2.48. The summed E-state index contributed by atoms with van der Waals surface area (Å²) in [6, 6.07) is 10.7. The lowest BCUT2D eigenvalue weighted by Crippen LogP contribution is -2.55. The van der Waals surface area contributed by atoms with E-state index in [9.17, 15) is 9.59 Å². The van der Waals surface area contributed by atoms with Gasteiger partial charge in [-0.3, -0.25) is 19.3 Å². The summed E-state index contributed by atoms with van der Waals surface area (Å²) in [6.45, 7) is 3.91. The van der Waals surface area contributed by atoms with Crippen molar-refractivity contribution in [2.75, 3.05) is 39.8 Å². The summed E-state index contributed by atoms with van der Waals surface area (Å²) in [4.78, 5) is 34.4. The highest BCUT2D eigenvalue weighted by molar-refractivity contribution is 5.80. The zero-order valence-corrected chi connectivity index (χ0v) is 16.8.